The molecule has 0 bridgehead atoms. The molecule has 0 atom stereocenters. The predicted molar refractivity (Wildman–Crippen MR) is 59.3 cm³/mol. The number of nitrogens with two attached hydrogens (primary N) is 1. The number of hydrogen-bond donors (Lipinski definition) is 1. The summed E-state index contributed by atoms with van der Waals surface area (Å²) < 4.78 is -0.889. The number of carbonyl (C=O) groups excluding carboxylic acids is 1. The van der Waals surface area contributed by atoms with Crippen LogP contribution in [0.4, 0.5) is 16.2 Å². The van der Waals surface area contributed by atoms with Gasteiger partial charge in [-0.25, -0.2) is 0 Å². The van der Waals surface area contributed by atoms with E-state index in [1.807, 2.05) is 0 Å². The van der Waals surface area contributed by atoms with Gasteiger partial charge in [-0.3, -0.25) is 14.9 Å². The zero-order valence-electron chi connectivity index (χ0n) is 7.74. The van der Waals surface area contributed by atoms with Crippen LogP contribution in [0.2, 0.25) is 0 Å². The molecule has 0 aliphatic carbocycles. The van der Waals surface area contributed by atoms with Crippen molar-refractivity contribution < 1.29 is 9.72 Å². The Morgan fingerprint density at radius 1 is 1.47 bits per heavy atom. The summed E-state index contributed by atoms with van der Waals surface area (Å²) in [5.41, 5.74) is 6.86. The highest BCUT2D eigenvalue weighted by atomic mass is 35.5. The molecule has 0 saturated carbocycles. The summed E-state index contributed by atoms with van der Waals surface area (Å²) in [6, 6.07) is 4.38. The minimum atomic E-state index is -0.889. The standard InChI is InChI=1S/C7H8N2O2.CCl2O/c1-5-4-6(9(10)11)2-3-7(5)8;2-1(3)4/h2-4H,8H2,1H3;. The average molecular weight is 251 g/mol. The fourth-order valence-electron chi connectivity index (χ4n) is 0.773. The maximum Gasteiger partial charge on any atom is 0.313 e. The summed E-state index contributed by atoms with van der Waals surface area (Å²) in [5, 5.41) is 10.2. The monoisotopic (exact) mass is 250 g/mol. The first-order valence-electron chi connectivity index (χ1n) is 3.70. The SMILES string of the molecule is Cc1cc([N+](=O)[O-])ccc1N.O=C(Cl)Cl. The van der Waals surface area contributed by atoms with Crippen molar-refractivity contribution in [2.45, 2.75) is 6.92 Å². The summed E-state index contributed by atoms with van der Waals surface area (Å²) in [4.78, 5) is 18.8. The summed E-state index contributed by atoms with van der Waals surface area (Å²) in [5.74, 6) is 0. The van der Waals surface area contributed by atoms with Crippen molar-refractivity contribution in [3.63, 3.8) is 0 Å². The Bertz CT molecular complexity index is 378. The number of hydrogen-bond acceptors (Lipinski definition) is 4. The van der Waals surface area contributed by atoms with Gasteiger partial charge in [0.05, 0.1) is 4.92 Å². The van der Waals surface area contributed by atoms with Gasteiger partial charge < -0.3 is 5.73 Å². The Morgan fingerprint density at radius 3 is 2.27 bits per heavy atom. The van der Waals surface area contributed by atoms with E-state index < -0.39 is 9.62 Å². The second-order valence-electron chi connectivity index (χ2n) is 2.52. The van der Waals surface area contributed by atoms with Crippen LogP contribution in [0.3, 0.4) is 0 Å². The van der Waals surface area contributed by atoms with Gasteiger partial charge >= 0.3 is 4.70 Å². The summed E-state index contributed by atoms with van der Waals surface area (Å²) in [6.45, 7) is 1.74. The van der Waals surface area contributed by atoms with Gasteiger partial charge in [0, 0.05) is 17.8 Å². The Hall–Kier alpha value is -1.33. The largest absolute Gasteiger partial charge is 0.399 e. The molecular weight excluding hydrogens is 243 g/mol. The highest BCUT2D eigenvalue weighted by Gasteiger charge is 2.04. The van der Waals surface area contributed by atoms with Crippen LogP contribution in [-0.4, -0.2) is 9.62 Å². The highest BCUT2D eigenvalue weighted by molar-refractivity contribution is 6.93. The molecule has 2 N–H and O–H groups in total. The average Bonchev–Trinajstić information content (AvgIpc) is 2.08. The number of non-ortho nitro benzene ring substituents is 1. The van der Waals surface area contributed by atoms with E-state index in [2.05, 4.69) is 23.2 Å². The molecule has 0 aromatic heterocycles. The molecule has 15 heavy (non-hydrogen) atoms. The van der Waals surface area contributed by atoms with Crippen LogP contribution >= 0.6 is 23.2 Å². The van der Waals surface area contributed by atoms with Crippen LogP contribution in [0.5, 0.6) is 0 Å². The number of carbonyl (C=O) groups is 1. The molecule has 0 radical (unpaired) electrons. The van der Waals surface area contributed by atoms with E-state index in [0.717, 1.165) is 5.56 Å². The van der Waals surface area contributed by atoms with Crippen LogP contribution in [0, 0.1) is 17.0 Å². The van der Waals surface area contributed by atoms with Crippen molar-refractivity contribution in [1.29, 1.82) is 0 Å². The third-order valence-corrected chi connectivity index (χ3v) is 1.46. The van der Waals surface area contributed by atoms with Crippen molar-refractivity contribution in [1.82, 2.24) is 0 Å². The first kappa shape index (κ1) is 13.7. The maximum atomic E-state index is 10.2. The van der Waals surface area contributed by atoms with Crippen molar-refractivity contribution >= 4 is 39.3 Å². The van der Waals surface area contributed by atoms with Gasteiger partial charge in [0.2, 0.25) is 0 Å². The van der Waals surface area contributed by atoms with E-state index >= 15 is 0 Å². The molecule has 7 heteroatoms. The summed E-state index contributed by atoms with van der Waals surface area (Å²) in [6.07, 6.45) is 0. The van der Waals surface area contributed by atoms with Crippen molar-refractivity contribution in [2.75, 3.05) is 5.73 Å². The number of nitro groups is 1. The van der Waals surface area contributed by atoms with Crippen molar-refractivity contribution in [3.05, 3.63) is 33.9 Å². The molecule has 0 saturated heterocycles. The molecule has 0 aliphatic heterocycles. The molecule has 1 aromatic carbocycles. The highest BCUT2D eigenvalue weighted by Crippen LogP contribution is 2.17. The topological polar surface area (TPSA) is 86.2 Å². The zero-order chi connectivity index (χ0) is 12.0. The third kappa shape index (κ3) is 5.87. The first-order valence-corrected chi connectivity index (χ1v) is 4.45. The van der Waals surface area contributed by atoms with Gasteiger partial charge in [0.25, 0.3) is 5.69 Å². The molecule has 1 rings (SSSR count). The Morgan fingerprint density at radius 2 is 1.93 bits per heavy atom. The minimum Gasteiger partial charge on any atom is -0.399 e. The second kappa shape index (κ2) is 6.21. The lowest BCUT2D eigenvalue weighted by atomic mass is 10.2. The quantitative estimate of drug-likeness (QED) is 0.359. The molecule has 0 heterocycles. The Balaban J connectivity index is 0.000000423. The number of halogens is 2. The third-order valence-electron chi connectivity index (χ3n) is 1.46. The molecule has 0 unspecified atom stereocenters. The van der Waals surface area contributed by atoms with Crippen LogP contribution in [-0.2, 0) is 0 Å². The molecule has 82 valence electrons. The summed E-state index contributed by atoms with van der Waals surface area (Å²) >= 11 is 8.80. The number of rotatable bonds is 1. The fraction of sp³-hybridized carbons (Fsp3) is 0.125. The molecular formula is C8H8Cl2N2O3. The Kier molecular flexibility index (Phi) is 5.66. The smallest absolute Gasteiger partial charge is 0.313 e. The van der Waals surface area contributed by atoms with Crippen LogP contribution in [0.15, 0.2) is 18.2 Å². The van der Waals surface area contributed by atoms with Gasteiger partial charge in [-0.2, -0.15) is 0 Å². The number of nitrogens with zero attached hydrogens (tertiary/aromatic N) is 1. The zero-order valence-corrected chi connectivity index (χ0v) is 9.25. The summed E-state index contributed by atoms with van der Waals surface area (Å²) in [7, 11) is 0. The van der Waals surface area contributed by atoms with Gasteiger partial charge in [0.15, 0.2) is 0 Å². The van der Waals surface area contributed by atoms with Gasteiger partial charge in [0.1, 0.15) is 0 Å². The fourth-order valence-corrected chi connectivity index (χ4v) is 0.773. The van der Waals surface area contributed by atoms with Crippen LogP contribution < -0.4 is 5.73 Å². The van der Waals surface area contributed by atoms with Gasteiger partial charge in [-0.05, 0) is 41.8 Å². The second-order valence-corrected chi connectivity index (χ2v) is 3.40. The van der Waals surface area contributed by atoms with Gasteiger partial charge in [-0.1, -0.05) is 0 Å². The Labute approximate surface area is 95.9 Å². The van der Waals surface area contributed by atoms with Crippen molar-refractivity contribution in [3.8, 4) is 0 Å². The molecule has 0 amide bonds. The van der Waals surface area contributed by atoms with Crippen molar-refractivity contribution in [2.24, 2.45) is 0 Å². The maximum absolute atomic E-state index is 10.2. The normalized spacial score (nSPS) is 8.73. The van der Waals surface area contributed by atoms with Gasteiger partial charge in [-0.15, -0.1) is 0 Å². The molecule has 5 nitrogen and oxygen atoms in total. The molecule has 0 spiro atoms. The minimum absolute atomic E-state index is 0.0803. The lowest BCUT2D eigenvalue weighted by Gasteiger charge is -1.97. The van der Waals surface area contributed by atoms with E-state index in [9.17, 15) is 10.1 Å². The first-order chi connectivity index (χ1) is 6.84. The molecule has 1 aromatic rings. The van der Waals surface area contributed by atoms with E-state index in [4.69, 9.17) is 10.5 Å². The number of benzene rings is 1. The van der Waals surface area contributed by atoms with E-state index in [-0.39, 0.29) is 5.69 Å². The van der Waals surface area contributed by atoms with E-state index in [1.54, 1.807) is 6.92 Å². The van der Waals surface area contributed by atoms with E-state index in [0.29, 0.717) is 5.69 Å². The predicted octanol–water partition coefficient (Wildman–Crippen LogP) is 3.07. The number of nitrogen functional groups attached to an aromatic ring is 1. The lowest BCUT2D eigenvalue weighted by Crippen LogP contribution is -1.92. The molecule has 0 aliphatic rings. The van der Waals surface area contributed by atoms with E-state index in [1.165, 1.54) is 18.2 Å². The number of nitro benzene ring substituents is 1. The number of anilines is 1. The number of aryl methyl sites for hydroxylation is 1. The molecule has 0 fully saturated rings. The van der Waals surface area contributed by atoms with Crippen LogP contribution in [0.1, 0.15) is 5.56 Å². The van der Waals surface area contributed by atoms with Crippen LogP contribution in [0.25, 0.3) is 0 Å². The lowest BCUT2D eigenvalue weighted by molar-refractivity contribution is -0.384.